The second kappa shape index (κ2) is 14.0. The van der Waals surface area contributed by atoms with Crippen LogP contribution in [-0.2, 0) is 0 Å². The lowest BCUT2D eigenvalue weighted by Crippen LogP contribution is -2.85. The number of primary amides is 2. The topological polar surface area (TPSA) is 103 Å². The van der Waals surface area contributed by atoms with Crippen molar-refractivity contribution in [1.29, 1.82) is 0 Å². The van der Waals surface area contributed by atoms with Crippen LogP contribution < -0.4 is 16.8 Å². The van der Waals surface area contributed by atoms with Crippen LogP contribution >= 0.6 is 23.5 Å². The average molecular weight is 308 g/mol. The van der Waals surface area contributed by atoms with Crippen molar-refractivity contribution in [1.82, 2.24) is 0 Å². The number of rotatable bonds is 6. The summed E-state index contributed by atoms with van der Waals surface area (Å²) in [4.78, 5) is 20.6. The summed E-state index contributed by atoms with van der Waals surface area (Å²) in [6, 6.07) is 0. The van der Waals surface area contributed by atoms with Crippen molar-refractivity contribution in [3.8, 4) is 0 Å². The molecule has 1 aliphatic rings. The van der Waals surface area contributed by atoms with Gasteiger partial charge < -0.3 is 16.8 Å². The third-order valence-electron chi connectivity index (χ3n) is 2.59. The summed E-state index contributed by atoms with van der Waals surface area (Å²) in [7, 11) is 0. The minimum absolute atomic E-state index is 0.327. The minimum Gasteiger partial charge on any atom is -0.361 e. The van der Waals surface area contributed by atoms with E-state index in [1.807, 2.05) is 0 Å². The van der Waals surface area contributed by atoms with Gasteiger partial charge in [0, 0.05) is 11.5 Å². The first-order chi connectivity index (χ1) is 9.13. The number of carbonyl (C=O) groups excluding carboxylic acids is 2. The first-order valence-electron chi connectivity index (χ1n) is 6.79. The monoisotopic (exact) mass is 308 g/mol. The smallest absolute Gasteiger partial charge is 0.276 e. The number of hydrogen-bond donors (Lipinski definition) is 3. The van der Waals surface area contributed by atoms with E-state index in [0.29, 0.717) is 0 Å². The van der Waals surface area contributed by atoms with Crippen LogP contribution in [0.15, 0.2) is 0 Å². The molecular weight excluding hydrogens is 282 g/mol. The maximum absolute atomic E-state index is 10.3. The Hall–Kier alpha value is -0.400. The summed E-state index contributed by atoms with van der Waals surface area (Å²) >= 11 is 2.27. The molecule has 1 fully saturated rings. The van der Waals surface area contributed by atoms with E-state index < -0.39 is 0 Å². The number of nitrogens with two attached hydrogens (primary N) is 3. The number of hydrogen-bond acceptors (Lipinski definition) is 4. The zero-order valence-electron chi connectivity index (χ0n) is 11.4. The van der Waals surface area contributed by atoms with Crippen LogP contribution in [0.5, 0.6) is 0 Å². The van der Waals surface area contributed by atoms with Crippen LogP contribution in [-0.4, -0.2) is 35.1 Å². The molecule has 1 heterocycles. The van der Waals surface area contributed by atoms with Gasteiger partial charge in [-0.25, -0.2) is 0 Å². The van der Waals surface area contributed by atoms with E-state index in [4.69, 9.17) is 11.5 Å². The number of carbonyl (C=O) groups is 2. The number of unbranched alkanes of at least 4 members (excludes halogenated alkanes) is 2. The van der Waals surface area contributed by atoms with Crippen LogP contribution in [0.4, 0.5) is 9.59 Å². The van der Waals surface area contributed by atoms with Crippen molar-refractivity contribution in [3.63, 3.8) is 0 Å². The lowest BCUT2D eigenvalue weighted by Gasteiger charge is -2.05. The highest BCUT2D eigenvalue weighted by atomic mass is 32.2. The number of thioether (sulfide) groups is 2. The molecule has 112 valence electrons. The third-order valence-corrected chi connectivity index (χ3v) is 4.15. The van der Waals surface area contributed by atoms with Gasteiger partial charge in [0.15, 0.2) is 0 Å². The summed E-state index contributed by atoms with van der Waals surface area (Å²) in [6.45, 7) is 2.75. The molecule has 2 amide bonds. The lowest BCUT2D eigenvalue weighted by molar-refractivity contribution is -0.662. The molecule has 5 nitrogen and oxygen atoms in total. The molecule has 1 saturated heterocycles. The fourth-order valence-corrected chi connectivity index (χ4v) is 2.72. The van der Waals surface area contributed by atoms with E-state index in [-0.39, 0.29) is 10.5 Å². The number of quaternary nitrogens is 1. The molecule has 7 heteroatoms. The maximum Gasteiger partial charge on any atom is 0.276 e. The Morgan fingerprint density at radius 2 is 1.32 bits per heavy atom. The summed E-state index contributed by atoms with van der Waals surface area (Å²) in [5.41, 5.74) is 9.86. The van der Waals surface area contributed by atoms with Crippen LogP contribution in [0.2, 0.25) is 0 Å². The fourth-order valence-electron chi connectivity index (χ4n) is 1.62. The van der Waals surface area contributed by atoms with Gasteiger partial charge in [-0.1, -0.05) is 29.9 Å². The Bertz CT molecular complexity index is 220. The standard InChI is InChI=1S/C7H14N2O2S2.C5H11N/c8-6(10)12-4-2-1-3-5-13-7(9)11;1-2-4-6-5-3-1/h1-5H2,(H2,8,10)(H2,9,11);6H,1-5H2/p+1. The molecule has 0 aromatic carbocycles. The van der Waals surface area contributed by atoms with E-state index in [9.17, 15) is 9.59 Å². The first-order valence-corrected chi connectivity index (χ1v) is 8.76. The van der Waals surface area contributed by atoms with Gasteiger partial charge in [0.25, 0.3) is 10.5 Å². The Morgan fingerprint density at radius 3 is 1.58 bits per heavy atom. The predicted octanol–water partition coefficient (Wildman–Crippen LogP) is 1.51. The van der Waals surface area contributed by atoms with Crippen molar-refractivity contribution in [2.45, 2.75) is 38.5 Å². The van der Waals surface area contributed by atoms with Crippen LogP contribution in [0, 0.1) is 0 Å². The molecule has 0 bridgehead atoms. The molecule has 0 saturated carbocycles. The summed E-state index contributed by atoms with van der Waals surface area (Å²) in [6.07, 6.45) is 7.26. The van der Waals surface area contributed by atoms with E-state index in [0.717, 1.165) is 54.3 Å². The summed E-state index contributed by atoms with van der Waals surface area (Å²) < 4.78 is 0. The Morgan fingerprint density at radius 1 is 0.842 bits per heavy atom. The normalized spacial score (nSPS) is 14.3. The van der Waals surface area contributed by atoms with Gasteiger partial charge in [-0.15, -0.1) is 0 Å². The van der Waals surface area contributed by atoms with Gasteiger partial charge in [0.05, 0.1) is 13.1 Å². The molecule has 0 spiro atoms. The highest BCUT2D eigenvalue weighted by molar-refractivity contribution is 8.13. The van der Waals surface area contributed by atoms with E-state index in [1.165, 1.54) is 32.4 Å². The molecule has 6 N–H and O–H groups in total. The second-order valence-electron chi connectivity index (χ2n) is 4.32. The molecule has 19 heavy (non-hydrogen) atoms. The largest absolute Gasteiger partial charge is 0.361 e. The fraction of sp³-hybridized carbons (Fsp3) is 0.833. The molecule has 0 aliphatic carbocycles. The molecule has 0 radical (unpaired) electrons. The SMILES string of the molecule is C1CC[NH2+]CC1.NC(=O)SCCCCCSC(N)=O. The molecule has 0 aromatic heterocycles. The molecule has 0 aromatic rings. The molecule has 1 aliphatic heterocycles. The highest BCUT2D eigenvalue weighted by Gasteiger charge is 1.98. The molecule has 0 unspecified atom stereocenters. The zero-order valence-corrected chi connectivity index (χ0v) is 13.1. The van der Waals surface area contributed by atoms with Crippen LogP contribution in [0.3, 0.4) is 0 Å². The maximum atomic E-state index is 10.3. The Labute approximate surface area is 124 Å². The first kappa shape index (κ1) is 18.6. The Kier molecular flexibility index (Phi) is 13.7. The third kappa shape index (κ3) is 17.6. The van der Waals surface area contributed by atoms with E-state index in [2.05, 4.69) is 5.32 Å². The van der Waals surface area contributed by atoms with Gasteiger partial charge in [-0.2, -0.15) is 0 Å². The zero-order chi connectivity index (χ0) is 14.3. The van der Waals surface area contributed by atoms with Gasteiger partial charge in [-0.3, -0.25) is 9.59 Å². The lowest BCUT2D eigenvalue weighted by atomic mass is 10.2. The summed E-state index contributed by atoms with van der Waals surface area (Å²) in [5.74, 6) is 1.52. The predicted molar refractivity (Wildman–Crippen MR) is 83.4 cm³/mol. The van der Waals surface area contributed by atoms with Crippen molar-refractivity contribution in [2.75, 3.05) is 24.6 Å². The quantitative estimate of drug-likeness (QED) is 0.647. The second-order valence-corrected chi connectivity index (χ2v) is 6.52. The minimum atomic E-state index is -0.327. The molecular formula is C12H26N3O2S2+. The van der Waals surface area contributed by atoms with Gasteiger partial charge in [0.1, 0.15) is 0 Å². The van der Waals surface area contributed by atoms with Gasteiger partial charge >= 0.3 is 0 Å². The van der Waals surface area contributed by atoms with Crippen molar-refractivity contribution >= 4 is 34.0 Å². The van der Waals surface area contributed by atoms with E-state index >= 15 is 0 Å². The summed E-state index contributed by atoms with van der Waals surface area (Å²) in [5, 5.41) is 1.74. The van der Waals surface area contributed by atoms with Crippen LogP contribution in [0.1, 0.15) is 38.5 Å². The van der Waals surface area contributed by atoms with Crippen molar-refractivity contribution in [2.24, 2.45) is 11.5 Å². The highest BCUT2D eigenvalue weighted by Crippen LogP contribution is 2.09. The van der Waals surface area contributed by atoms with Gasteiger partial charge in [0.2, 0.25) is 0 Å². The van der Waals surface area contributed by atoms with E-state index in [1.54, 1.807) is 0 Å². The van der Waals surface area contributed by atoms with Gasteiger partial charge in [-0.05, 0) is 32.1 Å². The molecule has 0 atom stereocenters. The van der Waals surface area contributed by atoms with Crippen LogP contribution in [0.25, 0.3) is 0 Å². The number of amides is 2. The number of piperidine rings is 1. The molecule has 1 rings (SSSR count). The Balaban J connectivity index is 0.000000443. The average Bonchev–Trinajstić information content (AvgIpc) is 2.40. The van der Waals surface area contributed by atoms with Crippen molar-refractivity contribution < 1.29 is 14.9 Å². The van der Waals surface area contributed by atoms with Crippen molar-refractivity contribution in [3.05, 3.63) is 0 Å².